The fraction of sp³-hybridized carbons (Fsp3) is 0.526. The van der Waals surface area contributed by atoms with Crippen LogP contribution in [0.1, 0.15) is 32.3 Å². The van der Waals surface area contributed by atoms with Crippen LogP contribution in [-0.2, 0) is 16.0 Å². The van der Waals surface area contributed by atoms with Crippen LogP contribution in [0.5, 0.6) is 0 Å². The van der Waals surface area contributed by atoms with Crippen LogP contribution in [0.3, 0.4) is 0 Å². The lowest BCUT2D eigenvalue weighted by molar-refractivity contribution is -0.384. The summed E-state index contributed by atoms with van der Waals surface area (Å²) in [7, 11) is 2.74. The van der Waals surface area contributed by atoms with Crippen molar-refractivity contribution in [3.63, 3.8) is 0 Å². The monoisotopic (exact) mass is 388 g/mol. The van der Waals surface area contributed by atoms with Crippen LogP contribution in [0, 0.1) is 15.5 Å². The number of carbonyl (C=O) groups is 3. The lowest BCUT2D eigenvalue weighted by Gasteiger charge is -2.52. The molecule has 2 heterocycles. The van der Waals surface area contributed by atoms with E-state index in [-0.39, 0.29) is 12.1 Å². The van der Waals surface area contributed by atoms with Crippen LogP contribution in [0.15, 0.2) is 18.2 Å². The number of nitro groups is 1. The number of fused-ring (bicyclic) bond motifs is 1. The van der Waals surface area contributed by atoms with Gasteiger partial charge >= 0.3 is 6.03 Å². The molecule has 0 aromatic heterocycles. The van der Waals surface area contributed by atoms with Gasteiger partial charge in [0.05, 0.1) is 11.0 Å². The molecule has 1 aromatic carbocycles. The Labute approximate surface area is 163 Å². The van der Waals surface area contributed by atoms with Gasteiger partial charge in [-0.2, -0.15) is 0 Å². The summed E-state index contributed by atoms with van der Waals surface area (Å²) in [5, 5.41) is 11.3. The Bertz CT molecular complexity index is 844. The van der Waals surface area contributed by atoms with Crippen molar-refractivity contribution in [2.75, 3.05) is 25.5 Å². The number of non-ortho nitro benzene ring substituents is 1. The predicted octanol–water partition coefficient (Wildman–Crippen LogP) is 2.18. The normalized spacial score (nSPS) is 21.4. The smallest absolute Gasteiger partial charge is 0.332 e. The minimum absolute atomic E-state index is 0.0301. The molecule has 0 bridgehead atoms. The molecule has 28 heavy (non-hydrogen) atoms. The zero-order chi connectivity index (χ0) is 20.8. The van der Waals surface area contributed by atoms with E-state index in [9.17, 15) is 24.5 Å². The Balaban J connectivity index is 2.25. The number of barbiturate groups is 1. The van der Waals surface area contributed by atoms with Gasteiger partial charge in [-0.1, -0.05) is 13.8 Å². The molecule has 1 unspecified atom stereocenters. The molecular formula is C19H24N4O5. The van der Waals surface area contributed by atoms with Crippen molar-refractivity contribution >= 4 is 29.2 Å². The summed E-state index contributed by atoms with van der Waals surface area (Å²) in [6.07, 6.45) is 1.32. The number of nitro benzene ring substituents is 1. The third-order valence-corrected chi connectivity index (χ3v) is 5.80. The zero-order valence-electron chi connectivity index (χ0n) is 16.5. The number of imide groups is 2. The van der Waals surface area contributed by atoms with E-state index in [1.807, 2.05) is 18.7 Å². The Morgan fingerprint density at radius 1 is 1.14 bits per heavy atom. The first-order valence-electron chi connectivity index (χ1n) is 9.34. The average Bonchev–Trinajstić information content (AvgIpc) is 2.69. The van der Waals surface area contributed by atoms with E-state index in [2.05, 4.69) is 0 Å². The third-order valence-electron chi connectivity index (χ3n) is 5.80. The number of hydrogen-bond acceptors (Lipinski definition) is 6. The van der Waals surface area contributed by atoms with Crippen LogP contribution in [0.4, 0.5) is 16.2 Å². The number of nitrogens with zero attached hydrogens (tertiary/aromatic N) is 4. The van der Waals surface area contributed by atoms with E-state index in [0.29, 0.717) is 18.5 Å². The molecule has 4 amide bonds. The summed E-state index contributed by atoms with van der Waals surface area (Å²) in [6, 6.07) is 3.46. The van der Waals surface area contributed by atoms with Gasteiger partial charge in [0.1, 0.15) is 0 Å². The molecule has 1 fully saturated rings. The average molecular weight is 388 g/mol. The summed E-state index contributed by atoms with van der Waals surface area (Å²) < 4.78 is 0. The van der Waals surface area contributed by atoms with E-state index in [0.717, 1.165) is 21.9 Å². The molecule has 0 aliphatic carbocycles. The Kier molecular flexibility index (Phi) is 4.86. The summed E-state index contributed by atoms with van der Waals surface area (Å²) >= 11 is 0. The maximum absolute atomic E-state index is 13.3. The molecule has 3 rings (SSSR count). The number of rotatable bonds is 4. The standard InChI is InChI=1S/C19H24N4O5/c1-5-9-22-14-8-7-13(23(27)28)10-12(14)11-19(15(22)6-2)16(24)20(3)18(26)21(4)17(19)25/h7-8,10,15H,5-6,9,11H2,1-4H3. The molecule has 0 N–H and O–H groups in total. The lowest BCUT2D eigenvalue weighted by atomic mass is 9.67. The molecular weight excluding hydrogens is 364 g/mol. The van der Waals surface area contributed by atoms with Gasteiger partial charge in [-0.3, -0.25) is 29.5 Å². The molecule has 150 valence electrons. The van der Waals surface area contributed by atoms with Crippen molar-refractivity contribution in [2.24, 2.45) is 5.41 Å². The summed E-state index contributed by atoms with van der Waals surface area (Å²) in [5.41, 5.74) is -0.199. The topological polar surface area (TPSA) is 104 Å². The van der Waals surface area contributed by atoms with Crippen LogP contribution in [0.2, 0.25) is 0 Å². The summed E-state index contributed by atoms with van der Waals surface area (Å²) in [5.74, 6) is -1.10. The number of benzene rings is 1. The predicted molar refractivity (Wildman–Crippen MR) is 102 cm³/mol. The quantitative estimate of drug-likeness (QED) is 0.445. The molecule has 9 heteroatoms. The van der Waals surface area contributed by atoms with E-state index in [1.54, 1.807) is 6.07 Å². The SMILES string of the molecule is CCCN1c2ccc([N+](=O)[O-])cc2CC2(C(=O)N(C)C(=O)N(C)C2=O)C1CC. The molecule has 0 saturated carbocycles. The second-order valence-electron chi connectivity index (χ2n) is 7.35. The number of urea groups is 1. The van der Waals surface area contributed by atoms with Gasteiger partial charge in [0.15, 0.2) is 5.41 Å². The largest absolute Gasteiger partial charge is 0.367 e. The Hall–Kier alpha value is -2.97. The fourth-order valence-electron chi connectivity index (χ4n) is 4.57. The second-order valence-corrected chi connectivity index (χ2v) is 7.35. The van der Waals surface area contributed by atoms with Crippen LogP contribution < -0.4 is 4.90 Å². The second kappa shape index (κ2) is 6.88. The molecule has 1 atom stereocenters. The lowest BCUT2D eigenvalue weighted by Crippen LogP contribution is -2.71. The molecule has 1 saturated heterocycles. The van der Waals surface area contributed by atoms with Gasteiger partial charge < -0.3 is 4.90 Å². The number of anilines is 1. The Morgan fingerprint density at radius 2 is 1.75 bits per heavy atom. The maximum atomic E-state index is 13.3. The number of hydrogen-bond donors (Lipinski definition) is 0. The number of amides is 4. The van der Waals surface area contributed by atoms with E-state index in [1.165, 1.54) is 26.2 Å². The first-order valence-corrected chi connectivity index (χ1v) is 9.34. The van der Waals surface area contributed by atoms with Gasteiger partial charge in [0, 0.05) is 44.9 Å². The van der Waals surface area contributed by atoms with Gasteiger partial charge in [0.2, 0.25) is 11.8 Å². The van der Waals surface area contributed by atoms with Crippen molar-refractivity contribution in [3.05, 3.63) is 33.9 Å². The van der Waals surface area contributed by atoms with Crippen molar-refractivity contribution in [1.29, 1.82) is 0 Å². The zero-order valence-corrected chi connectivity index (χ0v) is 16.5. The van der Waals surface area contributed by atoms with Crippen molar-refractivity contribution in [1.82, 2.24) is 9.80 Å². The van der Waals surface area contributed by atoms with E-state index in [4.69, 9.17) is 0 Å². The molecule has 2 aliphatic rings. The fourth-order valence-corrected chi connectivity index (χ4v) is 4.57. The van der Waals surface area contributed by atoms with Gasteiger partial charge in [-0.25, -0.2) is 4.79 Å². The van der Waals surface area contributed by atoms with Gasteiger partial charge in [-0.05, 0) is 24.5 Å². The first-order chi connectivity index (χ1) is 13.2. The maximum Gasteiger partial charge on any atom is 0.332 e. The highest BCUT2D eigenvalue weighted by Gasteiger charge is 2.62. The van der Waals surface area contributed by atoms with Crippen molar-refractivity contribution < 1.29 is 19.3 Å². The summed E-state index contributed by atoms with van der Waals surface area (Å²) in [4.78, 5) is 53.6. The van der Waals surface area contributed by atoms with E-state index >= 15 is 0 Å². The van der Waals surface area contributed by atoms with Gasteiger partial charge in [-0.15, -0.1) is 0 Å². The molecule has 0 radical (unpaired) electrons. The van der Waals surface area contributed by atoms with Crippen LogP contribution in [-0.4, -0.2) is 59.3 Å². The minimum Gasteiger partial charge on any atom is -0.367 e. The third kappa shape index (κ3) is 2.56. The minimum atomic E-state index is -1.48. The number of carbonyl (C=O) groups excluding carboxylic acids is 3. The summed E-state index contributed by atoms with van der Waals surface area (Å²) in [6.45, 7) is 4.49. The first kappa shape index (κ1) is 19.8. The molecule has 2 aliphatic heterocycles. The van der Waals surface area contributed by atoms with Crippen LogP contribution >= 0.6 is 0 Å². The van der Waals surface area contributed by atoms with Crippen molar-refractivity contribution in [3.8, 4) is 0 Å². The molecule has 9 nitrogen and oxygen atoms in total. The van der Waals surface area contributed by atoms with Crippen molar-refractivity contribution in [2.45, 2.75) is 39.2 Å². The van der Waals surface area contributed by atoms with Crippen LogP contribution in [0.25, 0.3) is 0 Å². The molecule has 1 aromatic rings. The highest BCUT2D eigenvalue weighted by atomic mass is 16.6. The Morgan fingerprint density at radius 3 is 2.25 bits per heavy atom. The van der Waals surface area contributed by atoms with E-state index < -0.39 is 34.2 Å². The highest BCUT2D eigenvalue weighted by molar-refractivity contribution is 6.20. The molecule has 1 spiro atoms. The van der Waals surface area contributed by atoms with Gasteiger partial charge in [0.25, 0.3) is 5.69 Å². The highest BCUT2D eigenvalue weighted by Crippen LogP contribution is 2.47.